The molecule has 1 aliphatic heterocycles. The number of nitrogens with one attached hydrogen (secondary N) is 1. The molecule has 1 heterocycles. The van der Waals surface area contributed by atoms with Gasteiger partial charge in [-0.05, 0) is 54.8 Å². The van der Waals surface area contributed by atoms with E-state index >= 15 is 0 Å². The molecule has 1 aliphatic rings. The minimum atomic E-state index is -0.488. The summed E-state index contributed by atoms with van der Waals surface area (Å²) < 4.78 is 13.0. The summed E-state index contributed by atoms with van der Waals surface area (Å²) in [4.78, 5) is 37.6. The third-order valence-corrected chi connectivity index (χ3v) is 4.95. The van der Waals surface area contributed by atoms with Crippen LogP contribution < -0.4 is 11.1 Å². The van der Waals surface area contributed by atoms with Crippen LogP contribution in [-0.4, -0.2) is 35.7 Å². The third kappa shape index (κ3) is 4.73. The molecule has 28 heavy (non-hydrogen) atoms. The lowest BCUT2D eigenvalue weighted by atomic mass is 9.95. The van der Waals surface area contributed by atoms with Crippen LogP contribution in [0.3, 0.4) is 0 Å². The fourth-order valence-corrected chi connectivity index (χ4v) is 3.24. The second-order valence-electron chi connectivity index (χ2n) is 6.85. The Balaban J connectivity index is 1.47. The first-order valence-corrected chi connectivity index (χ1v) is 9.15. The topological polar surface area (TPSA) is 92.5 Å². The minimum absolute atomic E-state index is 0.0483. The summed E-state index contributed by atoms with van der Waals surface area (Å²) in [5, 5.41) is 2.90. The standard InChI is InChI=1S/C21H22FN3O3/c22-18-7-5-17(6-8-18)21(28)25-11-9-16(10-12-25)20(27)24-13-14-1-3-15(4-2-14)19(23)26/h1-8,16H,9-13H2,(H2,23,26)(H,24,27). The zero-order valence-electron chi connectivity index (χ0n) is 15.4. The molecule has 6 nitrogen and oxygen atoms in total. The van der Waals surface area contributed by atoms with E-state index in [4.69, 9.17) is 5.73 Å². The molecule has 1 saturated heterocycles. The van der Waals surface area contributed by atoms with Gasteiger partial charge >= 0.3 is 0 Å². The fourth-order valence-electron chi connectivity index (χ4n) is 3.24. The normalized spacial score (nSPS) is 14.5. The molecule has 3 amide bonds. The van der Waals surface area contributed by atoms with Crippen LogP contribution in [0.1, 0.15) is 39.1 Å². The number of primary amides is 1. The fraction of sp³-hybridized carbons (Fsp3) is 0.286. The molecule has 1 fully saturated rings. The first-order chi connectivity index (χ1) is 13.4. The molecule has 3 N–H and O–H groups in total. The number of rotatable bonds is 5. The van der Waals surface area contributed by atoms with Crippen molar-refractivity contribution in [3.63, 3.8) is 0 Å². The van der Waals surface area contributed by atoms with E-state index < -0.39 is 5.91 Å². The quantitative estimate of drug-likeness (QED) is 0.828. The van der Waals surface area contributed by atoms with Crippen LogP contribution in [0.5, 0.6) is 0 Å². The Kier molecular flexibility index (Phi) is 6.03. The lowest BCUT2D eigenvalue weighted by Gasteiger charge is -2.31. The summed E-state index contributed by atoms with van der Waals surface area (Å²) in [7, 11) is 0. The lowest BCUT2D eigenvalue weighted by Crippen LogP contribution is -2.42. The Hall–Kier alpha value is -3.22. The van der Waals surface area contributed by atoms with Gasteiger partial charge in [0.15, 0.2) is 0 Å². The maximum absolute atomic E-state index is 13.0. The van der Waals surface area contributed by atoms with Gasteiger partial charge in [0.2, 0.25) is 11.8 Å². The van der Waals surface area contributed by atoms with Crippen LogP contribution in [0, 0.1) is 11.7 Å². The molecule has 0 unspecified atom stereocenters. The van der Waals surface area contributed by atoms with Crippen molar-refractivity contribution in [2.75, 3.05) is 13.1 Å². The summed E-state index contributed by atoms with van der Waals surface area (Å²) in [6.45, 7) is 1.34. The van der Waals surface area contributed by atoms with Crippen molar-refractivity contribution >= 4 is 17.7 Å². The van der Waals surface area contributed by atoms with Crippen LogP contribution >= 0.6 is 0 Å². The summed E-state index contributed by atoms with van der Waals surface area (Å²) in [5.41, 5.74) is 6.96. The number of likely N-dealkylation sites (tertiary alicyclic amines) is 1. The number of hydrogen-bond acceptors (Lipinski definition) is 3. The van der Waals surface area contributed by atoms with Gasteiger partial charge in [0.05, 0.1) is 0 Å². The number of nitrogens with two attached hydrogens (primary N) is 1. The number of benzene rings is 2. The molecule has 2 aromatic carbocycles. The van der Waals surface area contributed by atoms with Crippen molar-refractivity contribution in [1.29, 1.82) is 0 Å². The summed E-state index contributed by atoms with van der Waals surface area (Å²) in [6, 6.07) is 12.2. The van der Waals surface area contributed by atoms with Crippen LogP contribution in [0.2, 0.25) is 0 Å². The van der Waals surface area contributed by atoms with Crippen LogP contribution in [-0.2, 0) is 11.3 Å². The van der Waals surface area contributed by atoms with Crippen molar-refractivity contribution in [3.8, 4) is 0 Å². The largest absolute Gasteiger partial charge is 0.366 e. The summed E-state index contributed by atoms with van der Waals surface area (Å²) in [5.74, 6) is -1.21. The number of hydrogen-bond donors (Lipinski definition) is 2. The Morgan fingerprint density at radius 3 is 2.11 bits per heavy atom. The van der Waals surface area contributed by atoms with E-state index in [0.29, 0.717) is 43.6 Å². The number of halogens is 1. The van der Waals surface area contributed by atoms with Crippen LogP contribution in [0.15, 0.2) is 48.5 Å². The van der Waals surface area contributed by atoms with Gasteiger partial charge in [-0.15, -0.1) is 0 Å². The van der Waals surface area contributed by atoms with Crippen molar-refractivity contribution in [3.05, 3.63) is 71.0 Å². The van der Waals surface area contributed by atoms with Gasteiger partial charge in [0.1, 0.15) is 5.82 Å². The first-order valence-electron chi connectivity index (χ1n) is 9.15. The average molecular weight is 383 g/mol. The highest BCUT2D eigenvalue weighted by molar-refractivity contribution is 5.94. The zero-order chi connectivity index (χ0) is 20.1. The molecule has 0 atom stereocenters. The average Bonchev–Trinajstić information content (AvgIpc) is 2.72. The van der Waals surface area contributed by atoms with Gasteiger partial charge in [0, 0.05) is 36.7 Å². The van der Waals surface area contributed by atoms with Gasteiger partial charge < -0.3 is 16.0 Å². The number of piperidine rings is 1. The van der Waals surface area contributed by atoms with E-state index in [1.807, 2.05) is 0 Å². The summed E-state index contributed by atoms with van der Waals surface area (Å²) >= 11 is 0. The predicted octanol–water partition coefficient (Wildman–Crippen LogP) is 2.09. The molecule has 0 radical (unpaired) electrons. The molecule has 0 aliphatic carbocycles. The third-order valence-electron chi connectivity index (χ3n) is 4.95. The Labute approximate surface area is 162 Å². The van der Waals surface area contributed by atoms with Crippen molar-refractivity contribution in [2.45, 2.75) is 19.4 Å². The van der Waals surface area contributed by atoms with Gasteiger partial charge in [-0.25, -0.2) is 4.39 Å². The zero-order valence-corrected chi connectivity index (χ0v) is 15.4. The number of carbonyl (C=O) groups excluding carboxylic acids is 3. The van der Waals surface area contributed by atoms with Gasteiger partial charge in [0.25, 0.3) is 5.91 Å². The molecule has 0 aromatic heterocycles. The molecule has 146 valence electrons. The summed E-state index contributed by atoms with van der Waals surface area (Å²) in [6.07, 6.45) is 1.17. The van der Waals surface area contributed by atoms with Crippen molar-refractivity contribution < 1.29 is 18.8 Å². The molecule has 0 saturated carbocycles. The highest BCUT2D eigenvalue weighted by atomic mass is 19.1. The van der Waals surface area contributed by atoms with E-state index in [0.717, 1.165) is 5.56 Å². The van der Waals surface area contributed by atoms with E-state index in [2.05, 4.69) is 5.32 Å². The van der Waals surface area contributed by atoms with Crippen molar-refractivity contribution in [2.24, 2.45) is 11.7 Å². The molecule has 7 heteroatoms. The molecule has 0 spiro atoms. The molecule has 3 rings (SSSR count). The molecular formula is C21H22FN3O3. The van der Waals surface area contributed by atoms with E-state index in [-0.39, 0.29) is 23.5 Å². The first kappa shape index (κ1) is 19.5. The SMILES string of the molecule is NC(=O)c1ccc(CNC(=O)C2CCN(C(=O)c3ccc(F)cc3)CC2)cc1. The Morgan fingerprint density at radius 1 is 0.964 bits per heavy atom. The van der Waals surface area contributed by atoms with Crippen molar-refractivity contribution in [1.82, 2.24) is 10.2 Å². The second kappa shape index (κ2) is 8.65. The highest BCUT2D eigenvalue weighted by Gasteiger charge is 2.27. The second-order valence-corrected chi connectivity index (χ2v) is 6.85. The molecule has 0 bridgehead atoms. The van der Waals surface area contributed by atoms with Gasteiger partial charge in [-0.3, -0.25) is 14.4 Å². The minimum Gasteiger partial charge on any atom is -0.366 e. The molecular weight excluding hydrogens is 361 g/mol. The maximum Gasteiger partial charge on any atom is 0.253 e. The predicted molar refractivity (Wildman–Crippen MR) is 102 cm³/mol. The van der Waals surface area contributed by atoms with Gasteiger partial charge in [-0.2, -0.15) is 0 Å². The van der Waals surface area contributed by atoms with Crippen LogP contribution in [0.25, 0.3) is 0 Å². The Bertz CT molecular complexity index is 857. The monoisotopic (exact) mass is 383 g/mol. The number of nitrogens with zero attached hydrogens (tertiary/aromatic N) is 1. The number of carbonyl (C=O) groups is 3. The van der Waals surface area contributed by atoms with E-state index in [1.54, 1.807) is 29.2 Å². The Morgan fingerprint density at radius 2 is 1.54 bits per heavy atom. The molecule has 2 aromatic rings. The van der Waals surface area contributed by atoms with E-state index in [9.17, 15) is 18.8 Å². The number of amides is 3. The van der Waals surface area contributed by atoms with Gasteiger partial charge in [-0.1, -0.05) is 12.1 Å². The smallest absolute Gasteiger partial charge is 0.253 e. The maximum atomic E-state index is 13.0. The van der Waals surface area contributed by atoms with Crippen LogP contribution in [0.4, 0.5) is 4.39 Å². The highest BCUT2D eigenvalue weighted by Crippen LogP contribution is 2.20. The lowest BCUT2D eigenvalue weighted by molar-refractivity contribution is -0.126. The van der Waals surface area contributed by atoms with E-state index in [1.165, 1.54) is 24.3 Å².